The summed E-state index contributed by atoms with van der Waals surface area (Å²) in [6, 6.07) is 15.3. The van der Waals surface area contributed by atoms with Crippen LogP contribution in [0.2, 0.25) is 0 Å². The number of thioether (sulfide) groups is 1. The quantitative estimate of drug-likeness (QED) is 0.429. The first-order valence-electron chi connectivity index (χ1n) is 8.46. The largest absolute Gasteiger partial charge is 0.417 e. The van der Waals surface area contributed by atoms with E-state index < -0.39 is 28.1 Å². The summed E-state index contributed by atoms with van der Waals surface area (Å²) in [5, 5.41) is 11.1. The van der Waals surface area contributed by atoms with Gasteiger partial charge in [0.2, 0.25) is 0 Å². The van der Waals surface area contributed by atoms with E-state index >= 15 is 0 Å². The van der Waals surface area contributed by atoms with Crippen LogP contribution in [0.25, 0.3) is 10.6 Å². The number of benzene rings is 1. The van der Waals surface area contributed by atoms with Gasteiger partial charge in [-0.25, -0.2) is 4.98 Å². The van der Waals surface area contributed by atoms with Crippen LogP contribution in [-0.2, 0) is 22.7 Å². The number of nitriles is 1. The lowest BCUT2D eigenvalue weighted by Crippen LogP contribution is -2.11. The van der Waals surface area contributed by atoms with Gasteiger partial charge >= 0.3 is 6.18 Å². The van der Waals surface area contributed by atoms with Gasteiger partial charge in [0.1, 0.15) is 11.1 Å². The maximum atomic E-state index is 13.5. The smallest absolute Gasteiger partial charge is 0.259 e. The summed E-state index contributed by atoms with van der Waals surface area (Å²) in [7, 11) is -1.16. The number of hydrogen-bond donors (Lipinski definition) is 0. The van der Waals surface area contributed by atoms with Crippen LogP contribution in [0.4, 0.5) is 13.2 Å². The van der Waals surface area contributed by atoms with Crippen LogP contribution in [0.15, 0.2) is 58.9 Å². The highest BCUT2D eigenvalue weighted by Crippen LogP contribution is 2.38. The van der Waals surface area contributed by atoms with Crippen molar-refractivity contribution in [3.8, 4) is 16.6 Å². The van der Waals surface area contributed by atoms with E-state index in [0.717, 1.165) is 23.4 Å². The second-order valence-electron chi connectivity index (χ2n) is 5.94. The molecular formula is C20H15F3N2OS3. The van der Waals surface area contributed by atoms with Crippen molar-refractivity contribution in [2.24, 2.45) is 0 Å². The summed E-state index contributed by atoms with van der Waals surface area (Å²) in [6.07, 6.45) is -4.66. The molecule has 0 bridgehead atoms. The number of hydrogen-bond acceptors (Lipinski definition) is 5. The second-order valence-corrected chi connectivity index (χ2v) is 9.55. The molecule has 0 saturated heterocycles. The molecule has 0 saturated carbocycles. The molecule has 3 nitrogen and oxygen atoms in total. The number of thiophene rings is 1. The third-order valence-electron chi connectivity index (χ3n) is 3.90. The molecule has 150 valence electrons. The van der Waals surface area contributed by atoms with Gasteiger partial charge in [-0.3, -0.25) is 4.21 Å². The lowest BCUT2D eigenvalue weighted by Gasteiger charge is -2.13. The predicted octanol–water partition coefficient (Wildman–Crippen LogP) is 5.74. The summed E-state index contributed by atoms with van der Waals surface area (Å²) in [4.78, 5) is 4.89. The Morgan fingerprint density at radius 2 is 1.93 bits per heavy atom. The van der Waals surface area contributed by atoms with E-state index in [1.165, 1.54) is 11.3 Å². The summed E-state index contributed by atoms with van der Waals surface area (Å²) >= 11 is 2.31. The van der Waals surface area contributed by atoms with Gasteiger partial charge in [-0.2, -0.15) is 18.4 Å². The fourth-order valence-corrected chi connectivity index (χ4v) is 5.70. The number of alkyl halides is 3. The standard InChI is InChI=1S/C20H15F3N2OS3/c21-20(22,23)16-11-17(18-7-4-8-27-18)25-19(15(16)12-24)28-9-10-29(26)13-14-5-2-1-3-6-14/h1-8,11H,9-10,13H2/t29-/m1/s1. The number of nitrogens with zero attached hydrogens (tertiary/aromatic N) is 2. The van der Waals surface area contributed by atoms with Crippen molar-refractivity contribution in [3.05, 3.63) is 70.6 Å². The van der Waals surface area contributed by atoms with Gasteiger partial charge in [0, 0.05) is 28.1 Å². The first-order valence-corrected chi connectivity index (χ1v) is 11.8. The molecule has 0 unspecified atom stereocenters. The highest BCUT2D eigenvalue weighted by Gasteiger charge is 2.36. The number of halogens is 3. The van der Waals surface area contributed by atoms with Crippen LogP contribution in [0.3, 0.4) is 0 Å². The zero-order chi connectivity index (χ0) is 20.9. The molecule has 0 aliphatic carbocycles. The van der Waals surface area contributed by atoms with Crippen LogP contribution < -0.4 is 0 Å². The first-order chi connectivity index (χ1) is 13.9. The third-order valence-corrected chi connectivity index (χ3v) is 7.34. The van der Waals surface area contributed by atoms with Gasteiger partial charge in [0.15, 0.2) is 0 Å². The summed E-state index contributed by atoms with van der Waals surface area (Å²) in [6.45, 7) is 0. The molecular weight excluding hydrogens is 437 g/mol. The molecule has 0 aliphatic heterocycles. The lowest BCUT2D eigenvalue weighted by atomic mass is 10.1. The van der Waals surface area contributed by atoms with Crippen molar-refractivity contribution in [1.29, 1.82) is 5.26 Å². The predicted molar refractivity (Wildman–Crippen MR) is 111 cm³/mol. The average Bonchev–Trinajstić information content (AvgIpc) is 3.22. The van der Waals surface area contributed by atoms with E-state index in [0.29, 0.717) is 16.4 Å². The van der Waals surface area contributed by atoms with E-state index in [1.807, 2.05) is 30.3 Å². The Morgan fingerprint density at radius 3 is 2.55 bits per heavy atom. The summed E-state index contributed by atoms with van der Waals surface area (Å²) in [5.41, 5.74) is -0.368. The molecule has 2 heterocycles. The molecule has 29 heavy (non-hydrogen) atoms. The van der Waals surface area contributed by atoms with Crippen LogP contribution in [-0.4, -0.2) is 20.7 Å². The molecule has 1 atom stereocenters. The van der Waals surface area contributed by atoms with E-state index in [-0.39, 0.29) is 16.5 Å². The molecule has 3 rings (SSSR count). The Bertz CT molecular complexity index is 1030. The van der Waals surface area contributed by atoms with E-state index in [2.05, 4.69) is 4.98 Å². The van der Waals surface area contributed by atoms with Crippen molar-refractivity contribution in [2.45, 2.75) is 17.0 Å². The fourth-order valence-electron chi connectivity index (χ4n) is 2.57. The highest BCUT2D eigenvalue weighted by atomic mass is 32.2. The Kier molecular flexibility index (Phi) is 7.11. The normalized spacial score (nSPS) is 12.5. The molecule has 0 radical (unpaired) electrons. The van der Waals surface area contributed by atoms with E-state index in [9.17, 15) is 22.6 Å². The minimum Gasteiger partial charge on any atom is -0.259 e. The van der Waals surface area contributed by atoms with Crippen molar-refractivity contribution in [3.63, 3.8) is 0 Å². The van der Waals surface area contributed by atoms with Crippen LogP contribution in [0.1, 0.15) is 16.7 Å². The average molecular weight is 453 g/mol. The monoisotopic (exact) mass is 452 g/mol. The molecule has 2 aromatic heterocycles. The van der Waals surface area contributed by atoms with Crippen molar-refractivity contribution < 1.29 is 17.4 Å². The highest BCUT2D eigenvalue weighted by molar-refractivity contribution is 8.00. The Balaban J connectivity index is 1.79. The first kappa shape index (κ1) is 21.6. The van der Waals surface area contributed by atoms with Crippen LogP contribution in [0.5, 0.6) is 0 Å². The van der Waals surface area contributed by atoms with Gasteiger partial charge in [0.05, 0.1) is 21.7 Å². The minimum absolute atomic E-state index is 0.0161. The molecule has 1 aromatic carbocycles. The second kappa shape index (κ2) is 9.57. The van der Waals surface area contributed by atoms with Crippen molar-refractivity contribution in [2.75, 3.05) is 11.5 Å². The minimum atomic E-state index is -4.66. The van der Waals surface area contributed by atoms with Crippen LogP contribution in [0, 0.1) is 11.3 Å². The number of pyridine rings is 1. The van der Waals surface area contributed by atoms with Gasteiger partial charge in [-0.15, -0.1) is 23.1 Å². The SMILES string of the molecule is N#Cc1c(C(F)(F)F)cc(-c2cccs2)nc1SCC[S@@](=O)Cc1ccccc1. The van der Waals surface area contributed by atoms with E-state index in [4.69, 9.17) is 0 Å². The molecule has 0 amide bonds. The fraction of sp³-hybridized carbons (Fsp3) is 0.200. The molecule has 0 N–H and O–H groups in total. The Morgan fingerprint density at radius 1 is 1.17 bits per heavy atom. The number of rotatable bonds is 7. The Hall–Kier alpha value is -2.15. The van der Waals surface area contributed by atoms with Crippen molar-refractivity contribution in [1.82, 2.24) is 4.98 Å². The van der Waals surface area contributed by atoms with E-state index in [1.54, 1.807) is 23.6 Å². The van der Waals surface area contributed by atoms with Crippen LogP contribution >= 0.6 is 23.1 Å². The van der Waals surface area contributed by atoms with Gasteiger partial charge in [-0.05, 0) is 23.1 Å². The molecule has 0 aliphatic rings. The molecule has 0 spiro atoms. The van der Waals surface area contributed by atoms with Crippen molar-refractivity contribution >= 4 is 33.9 Å². The molecule has 3 aromatic rings. The summed E-state index contributed by atoms with van der Waals surface area (Å²) < 4.78 is 52.8. The zero-order valence-corrected chi connectivity index (χ0v) is 17.4. The maximum Gasteiger partial charge on any atom is 0.417 e. The van der Waals surface area contributed by atoms with Gasteiger partial charge in [-0.1, -0.05) is 36.4 Å². The number of aromatic nitrogens is 1. The molecule has 9 heteroatoms. The van der Waals surface area contributed by atoms with Gasteiger partial charge in [0.25, 0.3) is 0 Å². The Labute approximate surface area is 177 Å². The maximum absolute atomic E-state index is 13.5. The third kappa shape index (κ3) is 5.69. The summed E-state index contributed by atoms with van der Waals surface area (Å²) in [5.74, 6) is 0.964. The molecule has 0 fully saturated rings. The lowest BCUT2D eigenvalue weighted by molar-refractivity contribution is -0.138. The van der Waals surface area contributed by atoms with Gasteiger partial charge < -0.3 is 0 Å². The zero-order valence-electron chi connectivity index (χ0n) is 15.0. The topological polar surface area (TPSA) is 53.8 Å².